The summed E-state index contributed by atoms with van der Waals surface area (Å²) < 4.78 is 0. The average molecular weight is 211 g/mol. The highest BCUT2D eigenvalue weighted by Crippen LogP contribution is 2.19. The topological polar surface area (TPSA) is 44.4 Å². The molecule has 2 fully saturated rings. The Hall–Kier alpha value is -0.610. The lowest BCUT2D eigenvalue weighted by Crippen LogP contribution is -2.41. The van der Waals surface area contributed by atoms with Crippen LogP contribution in [0.3, 0.4) is 0 Å². The first-order chi connectivity index (χ1) is 7.28. The van der Waals surface area contributed by atoms with Gasteiger partial charge >= 0.3 is 0 Å². The van der Waals surface area contributed by atoms with Crippen LogP contribution in [0, 0.1) is 0 Å². The van der Waals surface area contributed by atoms with Crippen molar-refractivity contribution in [2.24, 2.45) is 0 Å². The van der Waals surface area contributed by atoms with Crippen LogP contribution in [-0.2, 0) is 4.79 Å². The quantitative estimate of drug-likeness (QED) is 0.688. The summed E-state index contributed by atoms with van der Waals surface area (Å²) in [6, 6.07) is 1.32. The van der Waals surface area contributed by atoms with Crippen LogP contribution in [0.2, 0.25) is 0 Å². The van der Waals surface area contributed by atoms with E-state index in [0.717, 1.165) is 19.6 Å². The minimum absolute atomic E-state index is 0.162. The molecule has 0 aromatic heterocycles. The van der Waals surface area contributed by atoms with Crippen LogP contribution < -0.4 is 10.6 Å². The van der Waals surface area contributed by atoms with Crippen LogP contribution in [0.4, 0.5) is 0 Å². The molecule has 0 radical (unpaired) electrons. The van der Waals surface area contributed by atoms with Crippen LogP contribution in [0.5, 0.6) is 0 Å². The van der Waals surface area contributed by atoms with Crippen LogP contribution in [0.15, 0.2) is 0 Å². The molecule has 2 heterocycles. The van der Waals surface area contributed by atoms with E-state index in [1.54, 1.807) is 0 Å². The molecular formula is C11H21N3O. The zero-order valence-corrected chi connectivity index (χ0v) is 9.46. The number of nitrogens with one attached hydrogen (secondary N) is 2. The Bertz CT molecular complexity index is 232. The van der Waals surface area contributed by atoms with Crippen molar-refractivity contribution in [3.8, 4) is 0 Å². The molecule has 0 spiro atoms. The molecule has 0 aromatic rings. The van der Waals surface area contributed by atoms with Gasteiger partial charge in [-0.3, -0.25) is 9.69 Å². The summed E-state index contributed by atoms with van der Waals surface area (Å²) >= 11 is 0. The van der Waals surface area contributed by atoms with E-state index in [2.05, 4.69) is 15.5 Å². The third-order valence-electron chi connectivity index (χ3n) is 3.35. The van der Waals surface area contributed by atoms with Crippen LogP contribution >= 0.6 is 0 Å². The number of hydrogen-bond donors (Lipinski definition) is 2. The molecule has 2 saturated heterocycles. The lowest BCUT2D eigenvalue weighted by atomic mass is 10.1. The minimum Gasteiger partial charge on any atom is -0.355 e. The maximum atomic E-state index is 11.5. The first kappa shape index (κ1) is 10.9. The van der Waals surface area contributed by atoms with Crippen molar-refractivity contribution in [1.29, 1.82) is 0 Å². The first-order valence-corrected chi connectivity index (χ1v) is 6.03. The Balaban J connectivity index is 1.80. The molecule has 4 heteroatoms. The van der Waals surface area contributed by atoms with Crippen molar-refractivity contribution in [2.75, 3.05) is 26.2 Å². The van der Waals surface area contributed by atoms with Crippen molar-refractivity contribution in [3.05, 3.63) is 0 Å². The largest absolute Gasteiger partial charge is 0.355 e. The van der Waals surface area contributed by atoms with Gasteiger partial charge in [-0.1, -0.05) is 0 Å². The Morgan fingerprint density at radius 2 is 2.20 bits per heavy atom. The Labute approximate surface area is 91.4 Å². The first-order valence-electron chi connectivity index (χ1n) is 6.03. The molecule has 15 heavy (non-hydrogen) atoms. The molecule has 0 aliphatic carbocycles. The lowest BCUT2D eigenvalue weighted by molar-refractivity contribution is -0.122. The van der Waals surface area contributed by atoms with E-state index in [-0.39, 0.29) is 5.91 Å². The van der Waals surface area contributed by atoms with Crippen LogP contribution in [-0.4, -0.2) is 49.1 Å². The number of hydrogen-bond acceptors (Lipinski definition) is 3. The van der Waals surface area contributed by atoms with Gasteiger partial charge in [0.15, 0.2) is 0 Å². The molecule has 2 aliphatic rings. The maximum absolute atomic E-state index is 11.5. The fourth-order valence-corrected chi connectivity index (χ4v) is 2.62. The summed E-state index contributed by atoms with van der Waals surface area (Å²) in [7, 11) is 0. The van der Waals surface area contributed by atoms with Gasteiger partial charge in [0, 0.05) is 31.7 Å². The number of carbonyl (C=O) groups is 1. The van der Waals surface area contributed by atoms with Gasteiger partial charge in [-0.2, -0.15) is 0 Å². The molecule has 0 aromatic carbocycles. The molecule has 2 unspecified atom stereocenters. The normalized spacial score (nSPS) is 31.3. The monoisotopic (exact) mass is 211 g/mol. The van der Waals surface area contributed by atoms with Gasteiger partial charge in [-0.25, -0.2) is 0 Å². The third kappa shape index (κ3) is 2.92. The highest BCUT2D eigenvalue weighted by Gasteiger charge is 2.29. The third-order valence-corrected chi connectivity index (χ3v) is 3.35. The van der Waals surface area contributed by atoms with Gasteiger partial charge in [0.05, 0.1) is 6.54 Å². The summed E-state index contributed by atoms with van der Waals surface area (Å²) in [5, 5.41) is 6.47. The molecule has 4 nitrogen and oxygen atoms in total. The molecule has 86 valence electrons. The van der Waals surface area contributed by atoms with E-state index in [0.29, 0.717) is 18.6 Å². The van der Waals surface area contributed by atoms with E-state index in [1.165, 1.54) is 19.3 Å². The summed E-state index contributed by atoms with van der Waals surface area (Å²) in [6.45, 7) is 5.36. The zero-order valence-electron chi connectivity index (χ0n) is 9.46. The fourth-order valence-electron chi connectivity index (χ4n) is 2.62. The van der Waals surface area contributed by atoms with E-state index in [9.17, 15) is 4.79 Å². The molecule has 2 rings (SSSR count). The molecule has 1 amide bonds. The van der Waals surface area contributed by atoms with Gasteiger partial charge in [-0.15, -0.1) is 0 Å². The summed E-state index contributed by atoms with van der Waals surface area (Å²) in [4.78, 5) is 13.7. The fraction of sp³-hybridized carbons (Fsp3) is 0.909. The van der Waals surface area contributed by atoms with E-state index in [1.807, 2.05) is 6.92 Å². The predicted octanol–water partition coefficient (Wildman–Crippen LogP) is -0.0512. The predicted molar refractivity (Wildman–Crippen MR) is 59.7 cm³/mol. The second kappa shape index (κ2) is 4.94. The highest BCUT2D eigenvalue weighted by atomic mass is 16.2. The van der Waals surface area contributed by atoms with Crippen molar-refractivity contribution in [3.63, 3.8) is 0 Å². The number of fused-ring (bicyclic) bond motifs is 2. The second-order valence-electron chi connectivity index (χ2n) is 4.62. The van der Waals surface area contributed by atoms with Crippen LogP contribution in [0.25, 0.3) is 0 Å². The van der Waals surface area contributed by atoms with Crippen molar-refractivity contribution in [2.45, 2.75) is 38.3 Å². The second-order valence-corrected chi connectivity index (χ2v) is 4.62. The number of rotatable bonds is 3. The Kier molecular flexibility index (Phi) is 3.59. The number of carbonyl (C=O) groups excluding carboxylic acids is 1. The molecule has 0 saturated carbocycles. The number of amides is 1. The summed E-state index contributed by atoms with van der Waals surface area (Å²) in [6.07, 6.45) is 3.78. The SMILES string of the molecule is CCNC(=O)CN1CCC2CCC(C1)N2. The standard InChI is InChI=1S/C11H21N3O/c1-2-12-11(15)8-14-6-5-9-3-4-10(7-14)13-9/h9-10,13H,2-8H2,1H3,(H,12,15). The van der Waals surface area contributed by atoms with Gasteiger partial charge in [0.25, 0.3) is 0 Å². The zero-order chi connectivity index (χ0) is 10.7. The molecule has 2 atom stereocenters. The summed E-state index contributed by atoms with van der Waals surface area (Å²) in [5.41, 5.74) is 0. The van der Waals surface area contributed by atoms with Gasteiger partial charge < -0.3 is 10.6 Å². The smallest absolute Gasteiger partial charge is 0.234 e. The maximum Gasteiger partial charge on any atom is 0.234 e. The van der Waals surface area contributed by atoms with Crippen molar-refractivity contribution >= 4 is 5.91 Å². The lowest BCUT2D eigenvalue weighted by Gasteiger charge is -2.23. The number of likely N-dealkylation sites (tertiary alicyclic amines) is 1. The number of likely N-dealkylation sites (N-methyl/N-ethyl adjacent to an activating group) is 1. The van der Waals surface area contributed by atoms with Gasteiger partial charge in [-0.05, 0) is 26.2 Å². The summed E-state index contributed by atoms with van der Waals surface area (Å²) in [5.74, 6) is 0.162. The molecular weight excluding hydrogens is 190 g/mol. The molecule has 2 aliphatic heterocycles. The van der Waals surface area contributed by atoms with Crippen LogP contribution in [0.1, 0.15) is 26.2 Å². The molecule has 2 N–H and O–H groups in total. The molecule has 2 bridgehead atoms. The van der Waals surface area contributed by atoms with E-state index in [4.69, 9.17) is 0 Å². The van der Waals surface area contributed by atoms with Crippen molar-refractivity contribution < 1.29 is 4.79 Å². The van der Waals surface area contributed by atoms with Crippen molar-refractivity contribution in [1.82, 2.24) is 15.5 Å². The van der Waals surface area contributed by atoms with E-state index < -0.39 is 0 Å². The van der Waals surface area contributed by atoms with Gasteiger partial charge in [0.1, 0.15) is 0 Å². The average Bonchev–Trinajstić information content (AvgIpc) is 2.51. The Morgan fingerprint density at radius 3 is 3.00 bits per heavy atom. The Morgan fingerprint density at radius 1 is 1.40 bits per heavy atom. The minimum atomic E-state index is 0.162. The van der Waals surface area contributed by atoms with E-state index >= 15 is 0 Å². The number of nitrogens with zero attached hydrogens (tertiary/aromatic N) is 1. The highest BCUT2D eigenvalue weighted by molar-refractivity contribution is 5.77. The van der Waals surface area contributed by atoms with Gasteiger partial charge in [0.2, 0.25) is 5.91 Å².